The average Bonchev–Trinajstić information content (AvgIpc) is 2.33. The summed E-state index contributed by atoms with van der Waals surface area (Å²) in [5.41, 5.74) is 0.481. The van der Waals surface area contributed by atoms with E-state index in [1.807, 2.05) is 0 Å². The number of amides is 1. The number of carbonyl (C=O) groups is 1. The van der Waals surface area contributed by atoms with E-state index in [0.29, 0.717) is 5.69 Å². The number of nitrogens with zero attached hydrogens (tertiary/aromatic N) is 3. The van der Waals surface area contributed by atoms with Crippen molar-refractivity contribution in [2.24, 2.45) is 12.9 Å². The third-order valence-electron chi connectivity index (χ3n) is 1.36. The topological polar surface area (TPSA) is 64.2 Å². The lowest BCUT2D eigenvalue weighted by Gasteiger charge is -2.08. The first-order chi connectivity index (χ1) is 5.13. The molecule has 0 aliphatic heterocycles. The van der Waals surface area contributed by atoms with Crippen molar-refractivity contribution < 1.29 is 4.79 Å². The predicted octanol–water partition coefficient (Wildman–Crippen LogP) is -0.634. The first kappa shape index (κ1) is 7.74. The van der Waals surface area contributed by atoms with Gasteiger partial charge in [-0.3, -0.25) is 9.80 Å². The second kappa shape index (κ2) is 2.71. The van der Waals surface area contributed by atoms with Crippen LogP contribution in [0.4, 0.5) is 0 Å². The molecule has 0 aromatic carbocycles. The second-order valence-electron chi connectivity index (χ2n) is 2.31. The van der Waals surface area contributed by atoms with Gasteiger partial charge in [0.05, 0.1) is 12.5 Å². The number of hydrogen-bond acceptors (Lipinski definition) is 3. The summed E-state index contributed by atoms with van der Waals surface area (Å²) in [4.78, 5) is 15.0. The Morgan fingerprint density at radius 2 is 2.45 bits per heavy atom. The second-order valence-corrected chi connectivity index (χ2v) is 2.31. The van der Waals surface area contributed by atoms with Crippen molar-refractivity contribution in [3.8, 4) is 0 Å². The molecule has 0 unspecified atom stereocenters. The van der Waals surface area contributed by atoms with Crippen LogP contribution in [0.5, 0.6) is 0 Å². The highest BCUT2D eigenvalue weighted by Crippen LogP contribution is 1.97. The Morgan fingerprint density at radius 3 is 2.82 bits per heavy atom. The molecule has 0 bridgehead atoms. The normalized spacial score (nSPS) is 9.73. The maximum Gasteiger partial charge on any atom is 0.285 e. The smallest absolute Gasteiger partial charge is 0.285 e. The van der Waals surface area contributed by atoms with Gasteiger partial charge in [-0.1, -0.05) is 0 Å². The maximum atomic E-state index is 11.2. The number of rotatable bonds is 1. The SMILES string of the molecule is CN(N)C(=O)c1cncn1C. The minimum atomic E-state index is -0.245. The Balaban J connectivity index is 2.93. The van der Waals surface area contributed by atoms with Crippen LogP contribution < -0.4 is 5.84 Å². The van der Waals surface area contributed by atoms with E-state index in [2.05, 4.69) is 4.98 Å². The first-order valence-corrected chi connectivity index (χ1v) is 3.12. The summed E-state index contributed by atoms with van der Waals surface area (Å²) >= 11 is 0. The van der Waals surface area contributed by atoms with E-state index in [4.69, 9.17) is 5.84 Å². The van der Waals surface area contributed by atoms with Gasteiger partial charge in [0, 0.05) is 14.1 Å². The fourth-order valence-electron chi connectivity index (χ4n) is 0.744. The molecule has 0 atom stereocenters. The van der Waals surface area contributed by atoms with Crippen LogP contribution in [0, 0.1) is 0 Å². The fraction of sp³-hybridized carbons (Fsp3) is 0.333. The van der Waals surface area contributed by atoms with Gasteiger partial charge in [0.2, 0.25) is 0 Å². The molecule has 1 aromatic rings. The van der Waals surface area contributed by atoms with E-state index in [0.717, 1.165) is 5.01 Å². The number of imidazole rings is 1. The van der Waals surface area contributed by atoms with E-state index in [-0.39, 0.29) is 5.91 Å². The van der Waals surface area contributed by atoms with Crippen LogP contribution in [0.1, 0.15) is 10.5 Å². The molecule has 0 aliphatic carbocycles. The summed E-state index contributed by atoms with van der Waals surface area (Å²) in [6.45, 7) is 0. The van der Waals surface area contributed by atoms with Crippen LogP contribution in [0.15, 0.2) is 12.5 Å². The van der Waals surface area contributed by atoms with Crippen LogP contribution in [-0.4, -0.2) is 27.5 Å². The third-order valence-corrected chi connectivity index (χ3v) is 1.36. The molecule has 1 heterocycles. The predicted molar refractivity (Wildman–Crippen MR) is 39.5 cm³/mol. The zero-order valence-corrected chi connectivity index (χ0v) is 6.48. The van der Waals surface area contributed by atoms with Gasteiger partial charge in [0.1, 0.15) is 5.69 Å². The van der Waals surface area contributed by atoms with Crippen LogP contribution in [0.25, 0.3) is 0 Å². The number of hydrazine groups is 1. The van der Waals surface area contributed by atoms with Crippen LogP contribution in [-0.2, 0) is 7.05 Å². The molecule has 1 rings (SSSR count). The Morgan fingerprint density at radius 1 is 1.82 bits per heavy atom. The average molecular weight is 154 g/mol. The van der Waals surface area contributed by atoms with Gasteiger partial charge in [-0.05, 0) is 0 Å². The molecular weight excluding hydrogens is 144 g/mol. The third kappa shape index (κ3) is 1.38. The molecule has 0 fully saturated rings. The quantitative estimate of drug-likeness (QED) is 0.332. The van der Waals surface area contributed by atoms with E-state index >= 15 is 0 Å². The zero-order chi connectivity index (χ0) is 8.43. The van der Waals surface area contributed by atoms with Crippen LogP contribution in [0.3, 0.4) is 0 Å². The lowest BCUT2D eigenvalue weighted by molar-refractivity contribution is 0.0785. The Kier molecular flexibility index (Phi) is 1.91. The van der Waals surface area contributed by atoms with Crippen molar-refractivity contribution in [3.63, 3.8) is 0 Å². The standard InChI is InChI=1S/C6H10N4O/c1-9-4-8-3-5(9)6(11)10(2)7/h3-4H,7H2,1-2H3. The van der Waals surface area contributed by atoms with Gasteiger partial charge in [-0.2, -0.15) is 0 Å². The zero-order valence-electron chi connectivity index (χ0n) is 6.48. The van der Waals surface area contributed by atoms with Gasteiger partial charge in [-0.15, -0.1) is 0 Å². The molecule has 0 aliphatic rings. The largest absolute Gasteiger partial charge is 0.330 e. The number of nitrogens with two attached hydrogens (primary N) is 1. The number of carbonyl (C=O) groups excluding carboxylic acids is 1. The molecule has 5 heteroatoms. The minimum absolute atomic E-state index is 0.245. The van der Waals surface area contributed by atoms with Crippen molar-refractivity contribution in [2.75, 3.05) is 7.05 Å². The highest BCUT2D eigenvalue weighted by molar-refractivity contribution is 5.91. The Bertz CT molecular complexity index is 265. The molecule has 0 saturated carbocycles. The van der Waals surface area contributed by atoms with Gasteiger partial charge >= 0.3 is 0 Å². The Labute approximate surface area is 64.4 Å². The van der Waals surface area contributed by atoms with E-state index in [1.165, 1.54) is 13.2 Å². The summed E-state index contributed by atoms with van der Waals surface area (Å²) in [5.74, 6) is 4.99. The maximum absolute atomic E-state index is 11.2. The van der Waals surface area contributed by atoms with Gasteiger partial charge in [-0.25, -0.2) is 10.8 Å². The van der Waals surface area contributed by atoms with E-state index in [9.17, 15) is 4.79 Å². The van der Waals surface area contributed by atoms with Crippen molar-refractivity contribution in [2.45, 2.75) is 0 Å². The van der Waals surface area contributed by atoms with Crippen molar-refractivity contribution in [1.29, 1.82) is 0 Å². The molecule has 11 heavy (non-hydrogen) atoms. The minimum Gasteiger partial charge on any atom is -0.330 e. The molecule has 1 amide bonds. The fourth-order valence-corrected chi connectivity index (χ4v) is 0.744. The monoisotopic (exact) mass is 154 g/mol. The number of aromatic nitrogens is 2. The summed E-state index contributed by atoms with van der Waals surface area (Å²) < 4.78 is 1.62. The summed E-state index contributed by atoms with van der Waals surface area (Å²) in [6, 6.07) is 0. The molecular formula is C6H10N4O. The van der Waals surface area contributed by atoms with E-state index < -0.39 is 0 Å². The summed E-state index contributed by atoms with van der Waals surface area (Å²) in [7, 11) is 3.24. The Hall–Kier alpha value is -1.36. The molecule has 1 aromatic heterocycles. The van der Waals surface area contributed by atoms with Crippen LogP contribution in [0.2, 0.25) is 0 Å². The highest BCUT2D eigenvalue weighted by atomic mass is 16.2. The van der Waals surface area contributed by atoms with Crippen LogP contribution >= 0.6 is 0 Å². The first-order valence-electron chi connectivity index (χ1n) is 3.12. The van der Waals surface area contributed by atoms with Gasteiger partial charge in [0.25, 0.3) is 5.91 Å². The summed E-state index contributed by atoms with van der Waals surface area (Å²) in [5, 5.41) is 1.02. The number of hydrogen-bond donors (Lipinski definition) is 1. The lowest BCUT2D eigenvalue weighted by Crippen LogP contribution is -2.34. The van der Waals surface area contributed by atoms with E-state index in [1.54, 1.807) is 17.9 Å². The van der Waals surface area contributed by atoms with Crippen molar-refractivity contribution >= 4 is 5.91 Å². The number of aryl methyl sites for hydroxylation is 1. The molecule has 2 N–H and O–H groups in total. The molecule has 60 valence electrons. The molecule has 5 nitrogen and oxygen atoms in total. The highest BCUT2D eigenvalue weighted by Gasteiger charge is 2.11. The summed E-state index contributed by atoms with van der Waals surface area (Å²) in [6.07, 6.45) is 3.03. The molecule has 0 spiro atoms. The van der Waals surface area contributed by atoms with Gasteiger partial charge < -0.3 is 4.57 Å². The van der Waals surface area contributed by atoms with Crippen molar-refractivity contribution in [1.82, 2.24) is 14.6 Å². The molecule has 0 saturated heterocycles. The van der Waals surface area contributed by atoms with Gasteiger partial charge in [0.15, 0.2) is 0 Å². The van der Waals surface area contributed by atoms with Crippen molar-refractivity contribution in [3.05, 3.63) is 18.2 Å². The lowest BCUT2D eigenvalue weighted by atomic mass is 10.4. The molecule has 0 radical (unpaired) electrons.